The number of carbonyl (C=O) groups is 1. The molecule has 1 atom stereocenters. The third-order valence-corrected chi connectivity index (χ3v) is 5.57. The van der Waals surface area contributed by atoms with Crippen molar-refractivity contribution in [2.45, 2.75) is 51.1 Å². The average molecular weight is 345 g/mol. The largest absolute Gasteiger partial charge is 0.462 e. The lowest BCUT2D eigenvalue weighted by atomic mass is 10.2. The zero-order valence-corrected chi connectivity index (χ0v) is 15.0. The Morgan fingerprint density at radius 1 is 1.12 bits per heavy atom. The predicted octanol–water partition coefficient (Wildman–Crippen LogP) is 1.57. The molecule has 0 bridgehead atoms. The highest BCUT2D eigenvalue weighted by Gasteiger charge is 2.30. The van der Waals surface area contributed by atoms with E-state index in [1.807, 2.05) is 0 Å². The van der Waals surface area contributed by atoms with E-state index in [2.05, 4.69) is 32.1 Å². The molecule has 7 nitrogen and oxygen atoms in total. The van der Waals surface area contributed by atoms with E-state index in [9.17, 15) is 4.79 Å². The highest BCUT2D eigenvalue weighted by Crippen LogP contribution is 2.29. The van der Waals surface area contributed by atoms with Crippen LogP contribution in [0.15, 0.2) is 0 Å². The van der Waals surface area contributed by atoms with Crippen molar-refractivity contribution in [2.75, 3.05) is 38.2 Å². The van der Waals surface area contributed by atoms with Gasteiger partial charge in [0.2, 0.25) is 0 Å². The lowest BCUT2D eigenvalue weighted by Crippen LogP contribution is -2.31. The molecule has 0 aromatic carbocycles. The van der Waals surface area contributed by atoms with Gasteiger partial charge in [-0.3, -0.25) is 4.79 Å². The fraction of sp³-hybridized carbons (Fsp3) is 0.722. The van der Waals surface area contributed by atoms with Gasteiger partial charge in [0.1, 0.15) is 18.0 Å². The number of aromatic nitrogens is 2. The normalized spacial score (nSPS) is 24.1. The second-order valence-corrected chi connectivity index (χ2v) is 7.32. The monoisotopic (exact) mass is 345 g/mol. The summed E-state index contributed by atoms with van der Waals surface area (Å²) in [5, 5.41) is 2.88. The first kappa shape index (κ1) is 16.6. The van der Waals surface area contributed by atoms with Crippen LogP contribution in [0.2, 0.25) is 0 Å². The van der Waals surface area contributed by atoms with Crippen LogP contribution in [0.25, 0.3) is 0 Å². The summed E-state index contributed by atoms with van der Waals surface area (Å²) in [7, 11) is 2.13. The minimum absolute atomic E-state index is 0.0590. The first-order chi connectivity index (χ1) is 12.2. The second kappa shape index (κ2) is 7.15. The summed E-state index contributed by atoms with van der Waals surface area (Å²) in [4.78, 5) is 26.0. The van der Waals surface area contributed by atoms with Gasteiger partial charge in [0, 0.05) is 19.1 Å². The van der Waals surface area contributed by atoms with Crippen molar-refractivity contribution in [1.29, 1.82) is 0 Å². The molecule has 1 amide bonds. The molecular formula is C18H27N5O2. The van der Waals surface area contributed by atoms with Crippen LogP contribution in [-0.4, -0.2) is 60.1 Å². The lowest BCUT2D eigenvalue weighted by Gasteiger charge is -2.24. The molecule has 25 heavy (non-hydrogen) atoms. The van der Waals surface area contributed by atoms with E-state index in [1.54, 1.807) is 0 Å². The van der Waals surface area contributed by atoms with E-state index in [4.69, 9.17) is 4.74 Å². The van der Waals surface area contributed by atoms with E-state index in [0.717, 1.165) is 50.4 Å². The van der Waals surface area contributed by atoms with Gasteiger partial charge in [-0.1, -0.05) is 12.8 Å². The van der Waals surface area contributed by atoms with Gasteiger partial charge >= 0.3 is 6.01 Å². The molecule has 0 unspecified atom stereocenters. The van der Waals surface area contributed by atoms with Gasteiger partial charge in [-0.25, -0.2) is 0 Å². The number of ether oxygens (including phenoxy) is 1. The molecule has 3 aliphatic rings. The van der Waals surface area contributed by atoms with Crippen LogP contribution in [0.1, 0.15) is 54.6 Å². The van der Waals surface area contributed by atoms with Crippen LogP contribution in [0.4, 0.5) is 5.82 Å². The Morgan fingerprint density at radius 3 is 2.64 bits per heavy atom. The summed E-state index contributed by atoms with van der Waals surface area (Å²) in [5.74, 6) is 0.702. The molecule has 0 aliphatic carbocycles. The Morgan fingerprint density at radius 2 is 1.92 bits per heavy atom. The van der Waals surface area contributed by atoms with Crippen molar-refractivity contribution in [3.05, 3.63) is 11.3 Å². The summed E-state index contributed by atoms with van der Waals surface area (Å²) < 4.78 is 5.95. The van der Waals surface area contributed by atoms with Crippen LogP contribution >= 0.6 is 0 Å². The Labute approximate surface area is 148 Å². The molecule has 2 saturated heterocycles. The molecule has 136 valence electrons. The molecule has 1 N–H and O–H groups in total. The third-order valence-electron chi connectivity index (χ3n) is 5.57. The zero-order valence-electron chi connectivity index (χ0n) is 15.0. The van der Waals surface area contributed by atoms with Crippen molar-refractivity contribution >= 4 is 11.7 Å². The predicted molar refractivity (Wildman–Crippen MR) is 95.0 cm³/mol. The maximum atomic E-state index is 12.3. The number of amides is 1. The van der Waals surface area contributed by atoms with Crippen molar-refractivity contribution in [1.82, 2.24) is 20.2 Å². The number of carbonyl (C=O) groups excluding carboxylic acids is 1. The molecule has 0 spiro atoms. The highest BCUT2D eigenvalue weighted by atomic mass is 16.5. The van der Waals surface area contributed by atoms with Crippen LogP contribution in [0.5, 0.6) is 6.01 Å². The topological polar surface area (TPSA) is 70.6 Å². The van der Waals surface area contributed by atoms with Crippen molar-refractivity contribution < 1.29 is 9.53 Å². The number of likely N-dealkylation sites (tertiary alicyclic amines) is 1. The van der Waals surface area contributed by atoms with E-state index >= 15 is 0 Å². The van der Waals surface area contributed by atoms with Crippen molar-refractivity contribution in [3.8, 4) is 6.01 Å². The smallest absolute Gasteiger partial charge is 0.318 e. The summed E-state index contributed by atoms with van der Waals surface area (Å²) in [6, 6.07) is 0.841. The summed E-state index contributed by atoms with van der Waals surface area (Å²) in [5.41, 5.74) is 1.42. The zero-order chi connectivity index (χ0) is 17.2. The minimum Gasteiger partial charge on any atom is -0.462 e. The maximum absolute atomic E-state index is 12.3. The standard InChI is InChI=1S/C18H27N5O2/c1-22-8-6-7-13(22)12-25-18-20-14-11-19-17(24)15(14)16(21-18)23-9-4-2-3-5-10-23/h13H,2-12H2,1H3,(H,19,24)/t13-/m0/s1. The summed E-state index contributed by atoms with van der Waals surface area (Å²) in [6.45, 7) is 4.09. The number of hydrogen-bond donors (Lipinski definition) is 1. The quantitative estimate of drug-likeness (QED) is 0.893. The Balaban J connectivity index is 1.58. The summed E-state index contributed by atoms with van der Waals surface area (Å²) >= 11 is 0. The molecular weight excluding hydrogens is 318 g/mol. The van der Waals surface area contributed by atoms with Gasteiger partial charge in [0.15, 0.2) is 0 Å². The molecule has 2 fully saturated rings. The van der Waals surface area contributed by atoms with E-state index in [-0.39, 0.29) is 5.91 Å². The van der Waals surface area contributed by atoms with Crippen molar-refractivity contribution in [2.24, 2.45) is 0 Å². The third kappa shape index (κ3) is 3.42. The molecule has 1 aromatic rings. The van der Waals surface area contributed by atoms with Crippen LogP contribution in [-0.2, 0) is 6.54 Å². The SMILES string of the molecule is CN1CCC[C@H]1COc1nc2c(c(N3CCCCCC3)n1)C(=O)NC2. The number of fused-ring (bicyclic) bond motifs is 1. The van der Waals surface area contributed by atoms with E-state index in [1.165, 1.54) is 19.3 Å². The fourth-order valence-electron chi connectivity index (χ4n) is 4.02. The Bertz CT molecular complexity index is 643. The first-order valence-electron chi connectivity index (χ1n) is 9.49. The second-order valence-electron chi connectivity index (χ2n) is 7.32. The van der Waals surface area contributed by atoms with Gasteiger partial charge in [-0.2, -0.15) is 9.97 Å². The Kier molecular flexibility index (Phi) is 4.74. The number of anilines is 1. The first-order valence-corrected chi connectivity index (χ1v) is 9.49. The summed E-state index contributed by atoms with van der Waals surface area (Å²) in [6.07, 6.45) is 7.14. The van der Waals surface area contributed by atoms with Gasteiger partial charge in [-0.05, 0) is 39.3 Å². The van der Waals surface area contributed by atoms with Crippen molar-refractivity contribution in [3.63, 3.8) is 0 Å². The van der Waals surface area contributed by atoms with Gasteiger partial charge < -0.3 is 19.9 Å². The molecule has 4 heterocycles. The average Bonchev–Trinajstić information content (AvgIpc) is 3.07. The van der Waals surface area contributed by atoms with Gasteiger partial charge in [-0.15, -0.1) is 0 Å². The number of hydrogen-bond acceptors (Lipinski definition) is 6. The van der Waals surface area contributed by atoms with E-state index in [0.29, 0.717) is 30.8 Å². The maximum Gasteiger partial charge on any atom is 0.318 e. The molecule has 1 aromatic heterocycles. The molecule has 0 radical (unpaired) electrons. The number of rotatable bonds is 4. The molecule has 7 heteroatoms. The lowest BCUT2D eigenvalue weighted by molar-refractivity contribution is 0.0966. The fourth-order valence-corrected chi connectivity index (χ4v) is 4.02. The van der Waals surface area contributed by atoms with Gasteiger partial charge in [0.25, 0.3) is 5.91 Å². The van der Waals surface area contributed by atoms with Crippen LogP contribution in [0, 0.1) is 0 Å². The van der Waals surface area contributed by atoms with Gasteiger partial charge in [0.05, 0.1) is 12.2 Å². The van der Waals surface area contributed by atoms with Crippen LogP contribution in [0.3, 0.4) is 0 Å². The number of likely N-dealkylation sites (N-methyl/N-ethyl adjacent to an activating group) is 1. The minimum atomic E-state index is -0.0590. The molecule has 3 aliphatic heterocycles. The molecule has 0 saturated carbocycles. The molecule has 4 rings (SSSR count). The van der Waals surface area contributed by atoms with Crippen LogP contribution < -0.4 is 15.0 Å². The number of nitrogens with one attached hydrogen (secondary N) is 1. The highest BCUT2D eigenvalue weighted by molar-refractivity contribution is 6.02. The van der Waals surface area contributed by atoms with E-state index < -0.39 is 0 Å². The number of nitrogens with zero attached hydrogens (tertiary/aromatic N) is 4. The Hall–Kier alpha value is -1.89.